The fourth-order valence-electron chi connectivity index (χ4n) is 1.92. The molecule has 4 heteroatoms. The maximum atomic E-state index is 13.5. The van der Waals surface area contributed by atoms with Crippen LogP contribution in [0.4, 0.5) is 4.39 Å². The fourth-order valence-corrected chi connectivity index (χ4v) is 1.92. The van der Waals surface area contributed by atoms with Gasteiger partial charge < -0.3 is 4.42 Å². The van der Waals surface area contributed by atoms with Gasteiger partial charge in [0.25, 0.3) is 0 Å². The number of Topliss-reactive ketones (excluding diaryl/α,β-unsaturated/α-hetero) is 1. The second-order valence-corrected chi connectivity index (χ2v) is 4.19. The van der Waals surface area contributed by atoms with Crippen molar-refractivity contribution in [3.05, 3.63) is 65.9 Å². The minimum Gasteiger partial charge on any atom is -0.450 e. The number of carbonyl (C=O) groups excluding carboxylic acids is 1. The molecule has 1 aromatic carbocycles. The number of furan rings is 1. The van der Waals surface area contributed by atoms with Crippen LogP contribution in [-0.4, -0.2) is 10.8 Å². The molecule has 3 rings (SSSR count). The first-order valence-corrected chi connectivity index (χ1v) is 5.85. The van der Waals surface area contributed by atoms with E-state index in [2.05, 4.69) is 4.98 Å². The molecule has 0 N–H and O–H groups in total. The molecule has 0 spiro atoms. The van der Waals surface area contributed by atoms with Crippen molar-refractivity contribution < 1.29 is 13.6 Å². The van der Waals surface area contributed by atoms with Gasteiger partial charge in [-0.3, -0.25) is 9.78 Å². The van der Waals surface area contributed by atoms with E-state index in [9.17, 15) is 9.18 Å². The minimum absolute atomic E-state index is 0.117. The Labute approximate surface area is 108 Å². The summed E-state index contributed by atoms with van der Waals surface area (Å²) in [5.41, 5.74) is 0.778. The Morgan fingerprint density at radius 3 is 2.84 bits per heavy atom. The number of pyridine rings is 1. The molecular formula is C15H10FNO2. The average Bonchev–Trinajstić information content (AvgIpc) is 2.85. The number of aromatic nitrogens is 1. The molecule has 0 amide bonds. The summed E-state index contributed by atoms with van der Waals surface area (Å²) in [7, 11) is 0. The van der Waals surface area contributed by atoms with E-state index in [0.29, 0.717) is 11.1 Å². The number of benzene rings is 1. The van der Waals surface area contributed by atoms with Crippen LogP contribution in [0.25, 0.3) is 11.0 Å². The van der Waals surface area contributed by atoms with E-state index in [-0.39, 0.29) is 23.5 Å². The van der Waals surface area contributed by atoms with Gasteiger partial charge in [0.15, 0.2) is 17.2 Å². The predicted octanol–water partition coefficient (Wildman–Crippen LogP) is 3.39. The summed E-state index contributed by atoms with van der Waals surface area (Å²) in [5.74, 6) is -0.519. The number of ketones is 1. The first-order valence-electron chi connectivity index (χ1n) is 5.85. The Bertz CT molecular complexity index is 734. The van der Waals surface area contributed by atoms with Crippen molar-refractivity contribution in [1.82, 2.24) is 4.98 Å². The van der Waals surface area contributed by atoms with E-state index in [1.165, 1.54) is 6.07 Å². The number of halogens is 1. The van der Waals surface area contributed by atoms with Crippen LogP contribution in [0.3, 0.4) is 0 Å². The van der Waals surface area contributed by atoms with Crippen molar-refractivity contribution in [2.75, 3.05) is 0 Å². The van der Waals surface area contributed by atoms with Gasteiger partial charge in [-0.15, -0.1) is 0 Å². The van der Waals surface area contributed by atoms with Crippen LogP contribution in [0, 0.1) is 5.82 Å². The molecule has 3 nitrogen and oxygen atoms in total. The molecule has 19 heavy (non-hydrogen) atoms. The maximum Gasteiger partial charge on any atom is 0.203 e. The highest BCUT2D eigenvalue weighted by Crippen LogP contribution is 2.22. The Morgan fingerprint density at radius 1 is 1.21 bits per heavy atom. The van der Waals surface area contributed by atoms with Crippen LogP contribution in [0.1, 0.15) is 16.2 Å². The zero-order chi connectivity index (χ0) is 13.2. The average molecular weight is 255 g/mol. The first kappa shape index (κ1) is 11.6. The Kier molecular flexibility index (Phi) is 2.83. The molecule has 0 aliphatic rings. The molecule has 94 valence electrons. The van der Waals surface area contributed by atoms with Crippen molar-refractivity contribution in [3.63, 3.8) is 0 Å². The van der Waals surface area contributed by atoms with Crippen LogP contribution < -0.4 is 0 Å². The highest BCUT2D eigenvalue weighted by Gasteiger charge is 2.15. The van der Waals surface area contributed by atoms with Crippen LogP contribution >= 0.6 is 0 Å². The quantitative estimate of drug-likeness (QED) is 0.674. The van der Waals surface area contributed by atoms with Gasteiger partial charge in [0.2, 0.25) is 5.78 Å². The monoisotopic (exact) mass is 255 g/mol. The fraction of sp³-hybridized carbons (Fsp3) is 0.0667. The third kappa shape index (κ3) is 2.25. The summed E-state index contributed by atoms with van der Waals surface area (Å²) in [6, 6.07) is 11.5. The molecule has 0 saturated carbocycles. The van der Waals surface area contributed by atoms with Gasteiger partial charge in [-0.2, -0.15) is 0 Å². The molecule has 0 unspecified atom stereocenters. The third-order valence-corrected chi connectivity index (χ3v) is 2.84. The standard InChI is InChI=1S/C15H10FNO2/c16-12-6-3-4-10-8-14(19-15(10)12)13(18)9-11-5-1-2-7-17-11/h1-8H,9H2. The second kappa shape index (κ2) is 4.65. The zero-order valence-electron chi connectivity index (χ0n) is 9.97. The summed E-state index contributed by atoms with van der Waals surface area (Å²) in [6.07, 6.45) is 1.77. The summed E-state index contributed by atoms with van der Waals surface area (Å²) in [5, 5.41) is 0.587. The van der Waals surface area contributed by atoms with E-state index in [1.807, 2.05) is 6.07 Å². The summed E-state index contributed by atoms with van der Waals surface area (Å²) >= 11 is 0. The lowest BCUT2D eigenvalue weighted by Gasteiger charge is -1.96. The normalized spacial score (nSPS) is 10.8. The lowest BCUT2D eigenvalue weighted by molar-refractivity contribution is 0.0967. The van der Waals surface area contributed by atoms with Crippen LogP contribution in [0.5, 0.6) is 0 Å². The number of hydrogen-bond acceptors (Lipinski definition) is 3. The SMILES string of the molecule is O=C(Cc1ccccn1)c1cc2cccc(F)c2o1. The molecule has 0 atom stereocenters. The van der Waals surface area contributed by atoms with E-state index in [1.54, 1.807) is 36.5 Å². The second-order valence-electron chi connectivity index (χ2n) is 4.19. The van der Waals surface area contributed by atoms with Crippen LogP contribution in [0.2, 0.25) is 0 Å². The van der Waals surface area contributed by atoms with E-state index in [0.717, 1.165) is 0 Å². The smallest absolute Gasteiger partial charge is 0.203 e. The molecule has 0 saturated heterocycles. The van der Waals surface area contributed by atoms with Gasteiger partial charge in [0.1, 0.15) is 0 Å². The van der Waals surface area contributed by atoms with Gasteiger partial charge in [-0.1, -0.05) is 18.2 Å². The molecule has 0 radical (unpaired) electrons. The Hall–Kier alpha value is -2.49. The number of fused-ring (bicyclic) bond motifs is 1. The number of carbonyl (C=O) groups is 1. The predicted molar refractivity (Wildman–Crippen MR) is 68.4 cm³/mol. The highest BCUT2D eigenvalue weighted by atomic mass is 19.1. The molecule has 2 aromatic heterocycles. The summed E-state index contributed by atoms with van der Waals surface area (Å²) < 4.78 is 18.8. The maximum absolute atomic E-state index is 13.5. The minimum atomic E-state index is -0.464. The van der Waals surface area contributed by atoms with E-state index < -0.39 is 5.82 Å². The summed E-state index contributed by atoms with van der Waals surface area (Å²) in [4.78, 5) is 16.1. The van der Waals surface area contributed by atoms with Crippen LogP contribution in [0.15, 0.2) is 53.1 Å². The van der Waals surface area contributed by atoms with Crippen molar-refractivity contribution in [1.29, 1.82) is 0 Å². The summed E-state index contributed by atoms with van der Waals surface area (Å²) in [6.45, 7) is 0. The Balaban J connectivity index is 1.92. The van der Waals surface area contributed by atoms with Gasteiger partial charge in [0.05, 0.1) is 6.42 Å². The number of hydrogen-bond donors (Lipinski definition) is 0. The molecule has 0 aliphatic heterocycles. The Morgan fingerprint density at radius 2 is 2.11 bits per heavy atom. The lowest BCUT2D eigenvalue weighted by atomic mass is 10.1. The van der Waals surface area contributed by atoms with E-state index in [4.69, 9.17) is 4.42 Å². The van der Waals surface area contributed by atoms with E-state index >= 15 is 0 Å². The van der Waals surface area contributed by atoms with Crippen molar-refractivity contribution in [2.24, 2.45) is 0 Å². The zero-order valence-corrected chi connectivity index (χ0v) is 9.97. The largest absolute Gasteiger partial charge is 0.450 e. The molecule has 0 fully saturated rings. The number of para-hydroxylation sites is 1. The van der Waals surface area contributed by atoms with Gasteiger partial charge >= 0.3 is 0 Å². The number of rotatable bonds is 3. The number of nitrogens with zero attached hydrogens (tertiary/aromatic N) is 1. The highest BCUT2D eigenvalue weighted by molar-refractivity contribution is 5.98. The molecule has 2 heterocycles. The lowest BCUT2D eigenvalue weighted by Crippen LogP contribution is -2.03. The topological polar surface area (TPSA) is 43.1 Å². The molecule has 0 aliphatic carbocycles. The molecule has 3 aromatic rings. The van der Waals surface area contributed by atoms with Gasteiger partial charge in [-0.05, 0) is 24.3 Å². The van der Waals surface area contributed by atoms with Crippen molar-refractivity contribution in [2.45, 2.75) is 6.42 Å². The van der Waals surface area contributed by atoms with Crippen LogP contribution in [-0.2, 0) is 6.42 Å². The van der Waals surface area contributed by atoms with Gasteiger partial charge in [-0.25, -0.2) is 4.39 Å². The van der Waals surface area contributed by atoms with Crippen molar-refractivity contribution >= 4 is 16.8 Å². The van der Waals surface area contributed by atoms with Crippen molar-refractivity contribution in [3.8, 4) is 0 Å². The molecular weight excluding hydrogens is 245 g/mol. The van der Waals surface area contributed by atoms with Gasteiger partial charge in [0, 0.05) is 17.3 Å². The third-order valence-electron chi connectivity index (χ3n) is 2.84. The molecule has 0 bridgehead atoms. The first-order chi connectivity index (χ1) is 9.24.